The standard InChI is InChI=1S/C15H24O4/c1-4-10-13-12-6-9(7-17-8(3)16)15(19-12)14(13)11(5-2)18-10/h9-15H,4-7H2,1-3H3. The highest BCUT2D eigenvalue weighted by Gasteiger charge is 2.62. The van der Waals surface area contributed by atoms with Crippen molar-refractivity contribution in [1.82, 2.24) is 0 Å². The zero-order valence-electron chi connectivity index (χ0n) is 12.0. The van der Waals surface area contributed by atoms with Crippen molar-refractivity contribution in [2.24, 2.45) is 17.8 Å². The second-order valence-corrected chi connectivity index (χ2v) is 6.12. The third-order valence-electron chi connectivity index (χ3n) is 5.10. The first kappa shape index (κ1) is 13.4. The maximum absolute atomic E-state index is 11.0. The molecule has 108 valence electrons. The molecule has 3 aliphatic rings. The fraction of sp³-hybridized carbons (Fsp3) is 0.933. The Morgan fingerprint density at radius 3 is 2.47 bits per heavy atom. The van der Waals surface area contributed by atoms with Crippen molar-refractivity contribution in [1.29, 1.82) is 0 Å². The van der Waals surface area contributed by atoms with Gasteiger partial charge in [-0.2, -0.15) is 0 Å². The lowest BCUT2D eigenvalue weighted by Crippen LogP contribution is -2.39. The van der Waals surface area contributed by atoms with Crippen LogP contribution in [0.4, 0.5) is 0 Å². The smallest absolute Gasteiger partial charge is 0.302 e. The van der Waals surface area contributed by atoms with Gasteiger partial charge in [0.05, 0.1) is 31.0 Å². The summed E-state index contributed by atoms with van der Waals surface area (Å²) in [4.78, 5) is 11.0. The van der Waals surface area contributed by atoms with Gasteiger partial charge in [-0.3, -0.25) is 4.79 Å². The van der Waals surface area contributed by atoms with E-state index in [4.69, 9.17) is 14.2 Å². The first-order valence-electron chi connectivity index (χ1n) is 7.60. The highest BCUT2D eigenvalue weighted by atomic mass is 16.6. The number of esters is 1. The maximum atomic E-state index is 11.0. The average molecular weight is 268 g/mol. The third-order valence-corrected chi connectivity index (χ3v) is 5.10. The Balaban J connectivity index is 1.71. The van der Waals surface area contributed by atoms with Crippen LogP contribution in [0.25, 0.3) is 0 Å². The van der Waals surface area contributed by atoms with E-state index in [1.165, 1.54) is 6.92 Å². The van der Waals surface area contributed by atoms with Gasteiger partial charge in [0.25, 0.3) is 0 Å². The minimum absolute atomic E-state index is 0.194. The molecule has 4 heteroatoms. The topological polar surface area (TPSA) is 44.8 Å². The maximum Gasteiger partial charge on any atom is 0.302 e. The zero-order chi connectivity index (χ0) is 13.6. The number of fused-ring (bicyclic) bond motifs is 5. The van der Waals surface area contributed by atoms with Crippen LogP contribution < -0.4 is 0 Å². The Hall–Kier alpha value is -0.610. The molecule has 4 nitrogen and oxygen atoms in total. The molecular formula is C15H24O4. The first-order valence-corrected chi connectivity index (χ1v) is 7.60. The second kappa shape index (κ2) is 5.06. The van der Waals surface area contributed by atoms with E-state index in [2.05, 4.69) is 13.8 Å². The fourth-order valence-electron chi connectivity index (χ4n) is 4.40. The Morgan fingerprint density at radius 2 is 1.84 bits per heavy atom. The largest absolute Gasteiger partial charge is 0.465 e. The average Bonchev–Trinajstić information content (AvgIpc) is 3.05. The Bertz CT molecular complexity index is 356. The minimum Gasteiger partial charge on any atom is -0.465 e. The van der Waals surface area contributed by atoms with Crippen LogP contribution >= 0.6 is 0 Å². The van der Waals surface area contributed by atoms with E-state index in [0.29, 0.717) is 42.7 Å². The van der Waals surface area contributed by atoms with Gasteiger partial charge in [-0.25, -0.2) is 0 Å². The lowest BCUT2D eigenvalue weighted by atomic mass is 9.71. The van der Waals surface area contributed by atoms with Crippen molar-refractivity contribution in [2.75, 3.05) is 6.61 Å². The number of hydrogen-bond donors (Lipinski definition) is 0. The molecule has 3 aliphatic heterocycles. The Kier molecular flexibility index (Phi) is 3.56. The summed E-state index contributed by atoms with van der Waals surface area (Å²) in [5.74, 6) is 1.24. The normalized spacial score (nSPS) is 47.4. The van der Waals surface area contributed by atoms with Crippen LogP contribution in [0.3, 0.4) is 0 Å². The van der Waals surface area contributed by atoms with Crippen LogP contribution in [0.15, 0.2) is 0 Å². The van der Waals surface area contributed by atoms with Gasteiger partial charge >= 0.3 is 5.97 Å². The van der Waals surface area contributed by atoms with Gasteiger partial charge in [-0.05, 0) is 19.3 Å². The molecule has 2 bridgehead atoms. The summed E-state index contributed by atoms with van der Waals surface area (Å²) in [6.45, 7) is 6.36. The highest BCUT2D eigenvalue weighted by molar-refractivity contribution is 5.65. The molecule has 19 heavy (non-hydrogen) atoms. The van der Waals surface area contributed by atoms with Gasteiger partial charge in [0.1, 0.15) is 0 Å². The van der Waals surface area contributed by atoms with E-state index in [-0.39, 0.29) is 12.1 Å². The molecule has 3 saturated heterocycles. The molecule has 0 amide bonds. The van der Waals surface area contributed by atoms with E-state index >= 15 is 0 Å². The van der Waals surface area contributed by atoms with Crippen molar-refractivity contribution in [3.63, 3.8) is 0 Å². The Labute approximate surface area is 114 Å². The summed E-state index contributed by atoms with van der Waals surface area (Å²) in [7, 11) is 0. The number of ether oxygens (including phenoxy) is 3. The van der Waals surface area contributed by atoms with Gasteiger partial charge in [-0.15, -0.1) is 0 Å². The molecule has 7 atom stereocenters. The zero-order valence-corrected chi connectivity index (χ0v) is 12.0. The van der Waals surface area contributed by atoms with Crippen LogP contribution in [-0.2, 0) is 19.0 Å². The highest BCUT2D eigenvalue weighted by Crippen LogP contribution is 2.55. The summed E-state index contributed by atoms with van der Waals surface area (Å²) in [6, 6.07) is 0. The molecule has 0 aromatic rings. The molecular weight excluding hydrogens is 244 g/mol. The number of carbonyl (C=O) groups is 1. The van der Waals surface area contributed by atoms with Crippen molar-refractivity contribution >= 4 is 5.97 Å². The van der Waals surface area contributed by atoms with Gasteiger partial charge in [0.2, 0.25) is 0 Å². The molecule has 3 fully saturated rings. The van der Waals surface area contributed by atoms with E-state index in [9.17, 15) is 4.79 Å². The minimum atomic E-state index is -0.194. The molecule has 0 aromatic carbocycles. The van der Waals surface area contributed by atoms with Crippen molar-refractivity contribution in [3.05, 3.63) is 0 Å². The predicted octanol–water partition coefficient (Wildman–Crippen LogP) is 2.16. The molecule has 0 N–H and O–H groups in total. The fourth-order valence-corrected chi connectivity index (χ4v) is 4.40. The monoisotopic (exact) mass is 268 g/mol. The SMILES string of the molecule is CCC1OC(CC)C2C3OC(CC3COC(C)=O)C12. The quantitative estimate of drug-likeness (QED) is 0.733. The summed E-state index contributed by atoms with van der Waals surface area (Å²) in [5, 5.41) is 0. The van der Waals surface area contributed by atoms with Gasteiger partial charge in [0, 0.05) is 24.7 Å². The molecule has 3 heterocycles. The van der Waals surface area contributed by atoms with Crippen molar-refractivity contribution < 1.29 is 19.0 Å². The molecule has 0 spiro atoms. The van der Waals surface area contributed by atoms with Gasteiger partial charge in [0.15, 0.2) is 0 Å². The van der Waals surface area contributed by atoms with Crippen LogP contribution in [0.1, 0.15) is 40.0 Å². The van der Waals surface area contributed by atoms with Crippen LogP contribution in [0.2, 0.25) is 0 Å². The number of carbonyl (C=O) groups excluding carboxylic acids is 1. The van der Waals surface area contributed by atoms with Crippen LogP contribution in [0, 0.1) is 17.8 Å². The van der Waals surface area contributed by atoms with Crippen LogP contribution in [-0.4, -0.2) is 37.0 Å². The first-order chi connectivity index (χ1) is 9.15. The number of rotatable bonds is 4. The van der Waals surface area contributed by atoms with E-state index in [0.717, 1.165) is 19.3 Å². The molecule has 0 saturated carbocycles. The van der Waals surface area contributed by atoms with Crippen LogP contribution in [0.5, 0.6) is 0 Å². The summed E-state index contributed by atoms with van der Waals surface area (Å²) < 4.78 is 17.6. The lowest BCUT2D eigenvalue weighted by Gasteiger charge is -2.30. The molecule has 3 rings (SSSR count). The van der Waals surface area contributed by atoms with Gasteiger partial charge < -0.3 is 14.2 Å². The van der Waals surface area contributed by atoms with E-state index in [1.54, 1.807) is 0 Å². The number of hydrogen-bond acceptors (Lipinski definition) is 4. The summed E-state index contributed by atoms with van der Waals surface area (Å²) in [5.41, 5.74) is 0. The predicted molar refractivity (Wildman–Crippen MR) is 69.6 cm³/mol. The molecule has 7 unspecified atom stereocenters. The third kappa shape index (κ3) is 2.09. The lowest BCUT2D eigenvalue weighted by molar-refractivity contribution is -0.143. The van der Waals surface area contributed by atoms with Crippen molar-refractivity contribution in [3.8, 4) is 0 Å². The molecule has 0 radical (unpaired) electrons. The summed E-state index contributed by atoms with van der Waals surface area (Å²) in [6.07, 6.45) is 4.37. The van der Waals surface area contributed by atoms with E-state index < -0.39 is 0 Å². The molecule has 0 aliphatic carbocycles. The second-order valence-electron chi connectivity index (χ2n) is 6.12. The van der Waals surface area contributed by atoms with E-state index in [1.807, 2.05) is 0 Å². The summed E-state index contributed by atoms with van der Waals surface area (Å²) >= 11 is 0. The van der Waals surface area contributed by atoms with Gasteiger partial charge in [-0.1, -0.05) is 13.8 Å². The van der Waals surface area contributed by atoms with Crippen molar-refractivity contribution in [2.45, 2.75) is 64.4 Å². The molecule has 0 aromatic heterocycles. The Morgan fingerprint density at radius 1 is 1.16 bits per heavy atom.